The zero-order valence-corrected chi connectivity index (χ0v) is 12.3. The number of halogens is 1. The second kappa shape index (κ2) is 6.56. The van der Waals surface area contributed by atoms with Gasteiger partial charge in [-0.15, -0.1) is 0 Å². The van der Waals surface area contributed by atoms with Crippen LogP contribution < -0.4 is 4.74 Å². The first-order chi connectivity index (χ1) is 9.19. The van der Waals surface area contributed by atoms with Gasteiger partial charge in [0.25, 0.3) is 5.69 Å². The SMILES string of the molecule is CC(C)(C)OC(=O)CCOc1ccc([N+](=O)[O-])cc1Cl. The maximum absolute atomic E-state index is 11.5. The molecule has 0 aliphatic heterocycles. The summed E-state index contributed by atoms with van der Waals surface area (Å²) in [5.74, 6) is -0.0867. The summed E-state index contributed by atoms with van der Waals surface area (Å²) >= 11 is 5.85. The summed E-state index contributed by atoms with van der Waals surface area (Å²) in [6, 6.07) is 3.88. The van der Waals surface area contributed by atoms with E-state index in [1.807, 2.05) is 0 Å². The summed E-state index contributed by atoms with van der Waals surface area (Å²) in [5.41, 5.74) is -0.656. The number of nitrogens with zero attached hydrogens (tertiary/aromatic N) is 1. The van der Waals surface area contributed by atoms with Crippen molar-refractivity contribution in [1.82, 2.24) is 0 Å². The molecule has 0 N–H and O–H groups in total. The maximum Gasteiger partial charge on any atom is 0.309 e. The second-order valence-corrected chi connectivity index (χ2v) is 5.46. The number of hydrogen-bond donors (Lipinski definition) is 0. The minimum atomic E-state index is -0.545. The van der Waals surface area contributed by atoms with Gasteiger partial charge in [-0.3, -0.25) is 14.9 Å². The Bertz CT molecular complexity index is 510. The molecule has 0 unspecified atom stereocenters. The van der Waals surface area contributed by atoms with Gasteiger partial charge < -0.3 is 9.47 Å². The fourth-order valence-electron chi connectivity index (χ4n) is 1.36. The molecule has 1 aromatic rings. The van der Waals surface area contributed by atoms with Gasteiger partial charge in [-0.2, -0.15) is 0 Å². The van der Waals surface area contributed by atoms with E-state index in [0.717, 1.165) is 0 Å². The van der Waals surface area contributed by atoms with Crippen LogP contribution in [-0.4, -0.2) is 23.1 Å². The molecule has 0 heterocycles. The van der Waals surface area contributed by atoms with Crippen LogP contribution in [0, 0.1) is 10.1 Å². The minimum absolute atomic E-state index is 0.0740. The summed E-state index contributed by atoms with van der Waals surface area (Å²) in [6.45, 7) is 5.42. The lowest BCUT2D eigenvalue weighted by atomic mass is 10.2. The third kappa shape index (κ3) is 5.44. The number of esters is 1. The second-order valence-electron chi connectivity index (χ2n) is 5.06. The highest BCUT2D eigenvalue weighted by molar-refractivity contribution is 6.32. The molecule has 0 amide bonds. The predicted octanol–water partition coefficient (Wildman–Crippen LogP) is 3.36. The third-order valence-corrected chi connectivity index (χ3v) is 2.41. The van der Waals surface area contributed by atoms with E-state index < -0.39 is 10.5 Å². The summed E-state index contributed by atoms with van der Waals surface area (Å²) in [7, 11) is 0. The largest absolute Gasteiger partial charge is 0.491 e. The Morgan fingerprint density at radius 3 is 2.55 bits per heavy atom. The first-order valence-electron chi connectivity index (χ1n) is 5.97. The van der Waals surface area contributed by atoms with Gasteiger partial charge in [-0.25, -0.2) is 0 Å². The van der Waals surface area contributed by atoms with Crippen molar-refractivity contribution in [3.8, 4) is 5.75 Å². The normalized spacial score (nSPS) is 11.0. The Morgan fingerprint density at radius 2 is 2.05 bits per heavy atom. The lowest BCUT2D eigenvalue weighted by Crippen LogP contribution is -2.24. The zero-order chi connectivity index (χ0) is 15.3. The van der Waals surface area contributed by atoms with Crippen molar-refractivity contribution in [3.63, 3.8) is 0 Å². The Kier molecular flexibility index (Phi) is 5.33. The molecule has 1 aromatic carbocycles. The van der Waals surface area contributed by atoms with Gasteiger partial charge >= 0.3 is 5.97 Å². The number of benzene rings is 1. The van der Waals surface area contributed by atoms with Crippen LogP contribution in [0.15, 0.2) is 18.2 Å². The van der Waals surface area contributed by atoms with Gasteiger partial charge in [0.2, 0.25) is 0 Å². The molecular formula is C13H16ClNO5. The number of rotatable bonds is 5. The molecule has 7 heteroatoms. The monoisotopic (exact) mass is 301 g/mol. The Labute approximate surface area is 121 Å². The van der Waals surface area contributed by atoms with Crippen LogP contribution in [-0.2, 0) is 9.53 Å². The topological polar surface area (TPSA) is 78.7 Å². The standard InChI is InChI=1S/C13H16ClNO5/c1-13(2,3)20-12(16)6-7-19-11-5-4-9(15(17)18)8-10(11)14/h4-5,8H,6-7H2,1-3H3. The van der Waals surface area contributed by atoms with Crippen molar-refractivity contribution >= 4 is 23.3 Å². The van der Waals surface area contributed by atoms with E-state index in [0.29, 0.717) is 5.75 Å². The van der Waals surface area contributed by atoms with Crippen LogP contribution in [0.5, 0.6) is 5.75 Å². The minimum Gasteiger partial charge on any atom is -0.491 e. The summed E-state index contributed by atoms with van der Waals surface area (Å²) in [6.07, 6.45) is 0.0740. The predicted molar refractivity (Wildman–Crippen MR) is 74.1 cm³/mol. The Hall–Kier alpha value is -1.82. The van der Waals surface area contributed by atoms with Crippen LogP contribution in [0.25, 0.3) is 0 Å². The van der Waals surface area contributed by atoms with Gasteiger partial charge in [-0.1, -0.05) is 11.6 Å². The highest BCUT2D eigenvalue weighted by Gasteiger charge is 2.16. The molecule has 0 spiro atoms. The highest BCUT2D eigenvalue weighted by Crippen LogP contribution is 2.28. The van der Waals surface area contributed by atoms with Crippen LogP contribution >= 0.6 is 11.6 Å². The molecule has 110 valence electrons. The van der Waals surface area contributed by atoms with E-state index in [9.17, 15) is 14.9 Å². The molecule has 1 rings (SSSR count). The smallest absolute Gasteiger partial charge is 0.309 e. The van der Waals surface area contributed by atoms with Crippen LogP contribution in [0.4, 0.5) is 5.69 Å². The number of hydrogen-bond acceptors (Lipinski definition) is 5. The average Bonchev–Trinajstić information content (AvgIpc) is 2.28. The maximum atomic E-state index is 11.5. The van der Waals surface area contributed by atoms with Crippen molar-refractivity contribution in [2.24, 2.45) is 0 Å². The molecule has 0 aromatic heterocycles. The molecule has 0 fully saturated rings. The van der Waals surface area contributed by atoms with Crippen molar-refractivity contribution in [3.05, 3.63) is 33.3 Å². The number of nitro groups is 1. The first-order valence-corrected chi connectivity index (χ1v) is 6.35. The molecule has 6 nitrogen and oxygen atoms in total. The number of non-ortho nitro benzene ring substituents is 1. The number of nitro benzene ring substituents is 1. The van der Waals surface area contributed by atoms with Crippen LogP contribution in [0.1, 0.15) is 27.2 Å². The van der Waals surface area contributed by atoms with E-state index in [-0.39, 0.29) is 29.7 Å². The lowest BCUT2D eigenvalue weighted by molar-refractivity contribution is -0.384. The first kappa shape index (κ1) is 16.2. The molecule has 20 heavy (non-hydrogen) atoms. The molecule has 0 aliphatic carbocycles. The zero-order valence-electron chi connectivity index (χ0n) is 11.5. The molecule has 0 bridgehead atoms. The summed E-state index contributed by atoms with van der Waals surface area (Å²) in [4.78, 5) is 21.5. The Balaban J connectivity index is 2.51. The van der Waals surface area contributed by atoms with Gasteiger partial charge in [0, 0.05) is 12.1 Å². The van der Waals surface area contributed by atoms with Crippen molar-refractivity contribution in [1.29, 1.82) is 0 Å². The van der Waals surface area contributed by atoms with Crippen LogP contribution in [0.2, 0.25) is 5.02 Å². The number of carbonyl (C=O) groups excluding carboxylic acids is 1. The van der Waals surface area contributed by atoms with E-state index in [4.69, 9.17) is 21.1 Å². The molecule has 0 radical (unpaired) electrons. The number of ether oxygens (including phenoxy) is 2. The van der Waals surface area contributed by atoms with E-state index in [2.05, 4.69) is 0 Å². The van der Waals surface area contributed by atoms with Crippen LogP contribution in [0.3, 0.4) is 0 Å². The molecular weight excluding hydrogens is 286 g/mol. The summed E-state index contributed by atoms with van der Waals surface area (Å²) < 4.78 is 10.4. The van der Waals surface area contributed by atoms with Crippen molar-refractivity contribution in [2.45, 2.75) is 32.8 Å². The van der Waals surface area contributed by atoms with Gasteiger partial charge in [0.05, 0.1) is 23.0 Å². The van der Waals surface area contributed by atoms with Gasteiger partial charge in [0.15, 0.2) is 0 Å². The Morgan fingerprint density at radius 1 is 1.40 bits per heavy atom. The third-order valence-electron chi connectivity index (χ3n) is 2.11. The van der Waals surface area contributed by atoms with E-state index >= 15 is 0 Å². The molecule has 0 saturated carbocycles. The van der Waals surface area contributed by atoms with E-state index in [1.54, 1.807) is 20.8 Å². The lowest BCUT2D eigenvalue weighted by Gasteiger charge is -2.19. The number of carbonyl (C=O) groups is 1. The van der Waals surface area contributed by atoms with Gasteiger partial charge in [0.1, 0.15) is 11.4 Å². The fraction of sp³-hybridized carbons (Fsp3) is 0.462. The van der Waals surface area contributed by atoms with Crippen molar-refractivity contribution < 1.29 is 19.2 Å². The summed E-state index contributed by atoms with van der Waals surface area (Å²) in [5, 5.41) is 10.7. The fourth-order valence-corrected chi connectivity index (χ4v) is 1.59. The molecule has 0 aliphatic rings. The molecule has 0 saturated heterocycles. The van der Waals surface area contributed by atoms with E-state index in [1.165, 1.54) is 18.2 Å². The van der Waals surface area contributed by atoms with Crippen molar-refractivity contribution in [2.75, 3.05) is 6.61 Å². The van der Waals surface area contributed by atoms with Gasteiger partial charge in [-0.05, 0) is 26.8 Å². The average molecular weight is 302 g/mol. The molecule has 0 atom stereocenters. The highest BCUT2D eigenvalue weighted by atomic mass is 35.5. The quantitative estimate of drug-likeness (QED) is 0.473.